The number of carboxylic acid groups (broad SMARTS) is 1. The van der Waals surface area contributed by atoms with Crippen LogP contribution >= 0.6 is 11.8 Å². The van der Waals surface area contributed by atoms with Gasteiger partial charge in [0.1, 0.15) is 0 Å². The molecule has 0 spiro atoms. The summed E-state index contributed by atoms with van der Waals surface area (Å²) in [6.45, 7) is 1.74. The summed E-state index contributed by atoms with van der Waals surface area (Å²) in [6.07, 6.45) is 3.19. The molecule has 6 nitrogen and oxygen atoms in total. The van der Waals surface area contributed by atoms with Crippen LogP contribution in [0.3, 0.4) is 0 Å². The van der Waals surface area contributed by atoms with Crippen LogP contribution in [0.15, 0.2) is 21.6 Å². The first-order chi connectivity index (χ1) is 8.08. The van der Waals surface area contributed by atoms with E-state index in [9.17, 15) is 9.59 Å². The fourth-order valence-corrected chi connectivity index (χ4v) is 2.40. The Labute approximate surface area is 102 Å². The molecule has 0 radical (unpaired) electrons. The lowest BCUT2D eigenvalue weighted by Crippen LogP contribution is -2.16. The molecule has 0 amide bonds. The van der Waals surface area contributed by atoms with Crippen LogP contribution in [0.4, 0.5) is 0 Å². The smallest absolute Gasteiger partial charge is 0.344 e. The highest BCUT2D eigenvalue weighted by molar-refractivity contribution is 7.99. The third kappa shape index (κ3) is 3.00. The Balaban J connectivity index is 2.04. The molecule has 7 heteroatoms. The number of hydrogen-bond acceptors (Lipinski definition) is 4. The number of nitrogens with zero attached hydrogens (tertiary/aromatic N) is 2. The molecule has 92 valence electrons. The molecule has 1 fully saturated rings. The fourth-order valence-electron chi connectivity index (χ4n) is 1.48. The molecule has 2 N–H and O–H groups in total. The van der Waals surface area contributed by atoms with Gasteiger partial charge in [-0.15, -0.1) is 5.10 Å². The van der Waals surface area contributed by atoms with Crippen LogP contribution in [0.5, 0.6) is 0 Å². The van der Waals surface area contributed by atoms with Crippen molar-refractivity contribution in [2.24, 2.45) is 0 Å². The van der Waals surface area contributed by atoms with E-state index in [1.807, 2.05) is 0 Å². The van der Waals surface area contributed by atoms with Gasteiger partial charge in [-0.25, -0.2) is 14.7 Å². The summed E-state index contributed by atoms with van der Waals surface area (Å²) in [7, 11) is 0. The number of H-pyrrole nitrogens is 1. The van der Waals surface area contributed by atoms with Gasteiger partial charge >= 0.3 is 11.7 Å². The Hall–Kier alpha value is -1.50. The van der Waals surface area contributed by atoms with E-state index in [1.165, 1.54) is 17.8 Å². The maximum absolute atomic E-state index is 11.5. The van der Waals surface area contributed by atoms with E-state index in [0.29, 0.717) is 10.9 Å². The zero-order valence-electron chi connectivity index (χ0n) is 9.34. The second kappa shape index (κ2) is 4.79. The molecule has 1 heterocycles. The molecule has 0 unspecified atom stereocenters. The SMILES string of the molecule is CC(=CC(=O)O)CSc1n[nH]c(=O)n1C1CC1. The predicted molar refractivity (Wildman–Crippen MR) is 63.2 cm³/mol. The summed E-state index contributed by atoms with van der Waals surface area (Å²) in [5.74, 6) is -0.437. The summed E-state index contributed by atoms with van der Waals surface area (Å²) >= 11 is 1.38. The van der Waals surface area contributed by atoms with Crippen LogP contribution < -0.4 is 5.69 Å². The molecule has 1 aliphatic carbocycles. The van der Waals surface area contributed by atoms with Gasteiger partial charge in [0.25, 0.3) is 0 Å². The Morgan fingerprint density at radius 1 is 1.71 bits per heavy atom. The third-order valence-electron chi connectivity index (χ3n) is 2.38. The number of hydrogen-bond donors (Lipinski definition) is 2. The zero-order chi connectivity index (χ0) is 12.4. The monoisotopic (exact) mass is 255 g/mol. The Bertz CT molecular complexity index is 513. The third-order valence-corrected chi connectivity index (χ3v) is 3.53. The van der Waals surface area contributed by atoms with Gasteiger partial charge in [0, 0.05) is 17.9 Å². The summed E-state index contributed by atoms with van der Waals surface area (Å²) in [4.78, 5) is 21.9. The van der Waals surface area contributed by atoms with E-state index >= 15 is 0 Å². The topological polar surface area (TPSA) is 88.0 Å². The second-order valence-electron chi connectivity index (χ2n) is 4.03. The molecule has 0 bridgehead atoms. The minimum Gasteiger partial charge on any atom is -0.478 e. The van der Waals surface area contributed by atoms with Crippen LogP contribution in [0.2, 0.25) is 0 Å². The number of aromatic amines is 1. The lowest BCUT2D eigenvalue weighted by molar-refractivity contribution is -0.131. The van der Waals surface area contributed by atoms with Crippen molar-refractivity contribution < 1.29 is 9.90 Å². The first kappa shape index (κ1) is 12.0. The number of thioether (sulfide) groups is 1. The second-order valence-corrected chi connectivity index (χ2v) is 4.97. The van der Waals surface area contributed by atoms with Crippen molar-refractivity contribution in [3.63, 3.8) is 0 Å². The highest BCUT2D eigenvalue weighted by Gasteiger charge is 2.28. The first-order valence-corrected chi connectivity index (χ1v) is 6.26. The van der Waals surface area contributed by atoms with Gasteiger partial charge in [-0.05, 0) is 19.8 Å². The Kier molecular flexibility index (Phi) is 3.37. The van der Waals surface area contributed by atoms with E-state index in [1.54, 1.807) is 11.5 Å². The minimum atomic E-state index is -0.954. The van der Waals surface area contributed by atoms with Gasteiger partial charge in [0.05, 0.1) is 0 Å². The van der Waals surface area contributed by atoms with E-state index in [2.05, 4.69) is 10.2 Å². The molecule has 0 aliphatic heterocycles. The van der Waals surface area contributed by atoms with Gasteiger partial charge in [0.2, 0.25) is 0 Å². The molecular weight excluding hydrogens is 242 g/mol. The normalized spacial score (nSPS) is 16.2. The molecule has 1 aliphatic rings. The Morgan fingerprint density at radius 2 is 2.41 bits per heavy atom. The molecule has 1 saturated carbocycles. The fraction of sp³-hybridized carbons (Fsp3) is 0.500. The van der Waals surface area contributed by atoms with Crippen LogP contribution in [0.1, 0.15) is 25.8 Å². The minimum absolute atomic E-state index is 0.185. The van der Waals surface area contributed by atoms with Gasteiger partial charge in [0.15, 0.2) is 5.16 Å². The lowest BCUT2D eigenvalue weighted by atomic mass is 10.3. The average molecular weight is 255 g/mol. The maximum Gasteiger partial charge on any atom is 0.344 e. The van der Waals surface area contributed by atoms with Crippen molar-refractivity contribution in [2.45, 2.75) is 31.0 Å². The number of rotatable bonds is 5. The van der Waals surface area contributed by atoms with Gasteiger partial charge in [-0.1, -0.05) is 17.3 Å². The van der Waals surface area contributed by atoms with Crippen molar-refractivity contribution >= 4 is 17.7 Å². The quantitative estimate of drug-likeness (QED) is 0.606. The molecule has 1 aromatic heterocycles. The summed E-state index contributed by atoms with van der Waals surface area (Å²) < 4.78 is 1.65. The standard InChI is InChI=1S/C10H13N3O3S/c1-6(4-8(14)15)5-17-10-12-11-9(16)13(10)7-2-3-7/h4,7H,2-3,5H2,1H3,(H,11,16)(H,14,15). The van der Waals surface area contributed by atoms with Crippen LogP contribution in [-0.2, 0) is 4.79 Å². The number of carbonyl (C=O) groups is 1. The molecule has 17 heavy (non-hydrogen) atoms. The van der Waals surface area contributed by atoms with Crippen LogP contribution in [0, 0.1) is 0 Å². The average Bonchev–Trinajstić information content (AvgIpc) is 2.99. The largest absolute Gasteiger partial charge is 0.478 e. The molecule has 0 aromatic carbocycles. The van der Waals surface area contributed by atoms with Crippen molar-refractivity contribution in [2.75, 3.05) is 5.75 Å². The van der Waals surface area contributed by atoms with E-state index < -0.39 is 5.97 Å². The summed E-state index contributed by atoms with van der Waals surface area (Å²) in [5, 5.41) is 15.6. The highest BCUT2D eigenvalue weighted by atomic mass is 32.2. The van der Waals surface area contributed by atoms with E-state index in [4.69, 9.17) is 5.11 Å². The molecule has 0 atom stereocenters. The van der Waals surface area contributed by atoms with Gasteiger partial charge in [-0.2, -0.15) is 0 Å². The van der Waals surface area contributed by atoms with Crippen molar-refractivity contribution in [3.8, 4) is 0 Å². The molecule has 2 rings (SSSR count). The van der Waals surface area contributed by atoms with Gasteiger partial charge in [-0.3, -0.25) is 4.57 Å². The van der Waals surface area contributed by atoms with E-state index in [-0.39, 0.29) is 11.7 Å². The van der Waals surface area contributed by atoms with Crippen molar-refractivity contribution in [1.82, 2.24) is 14.8 Å². The maximum atomic E-state index is 11.5. The summed E-state index contributed by atoms with van der Waals surface area (Å²) in [5.41, 5.74) is 0.551. The number of aliphatic carboxylic acids is 1. The Morgan fingerprint density at radius 3 is 3.00 bits per heavy atom. The van der Waals surface area contributed by atoms with Crippen LogP contribution in [-0.4, -0.2) is 31.6 Å². The van der Waals surface area contributed by atoms with Crippen LogP contribution in [0.25, 0.3) is 0 Å². The summed E-state index contributed by atoms with van der Waals surface area (Å²) in [6, 6.07) is 0.271. The molecule has 0 saturated heterocycles. The van der Waals surface area contributed by atoms with Gasteiger partial charge < -0.3 is 5.11 Å². The predicted octanol–water partition coefficient (Wildman–Crippen LogP) is 1.03. The highest BCUT2D eigenvalue weighted by Crippen LogP contribution is 2.36. The first-order valence-electron chi connectivity index (χ1n) is 5.27. The number of aromatic nitrogens is 3. The molecule has 1 aromatic rings. The number of carboxylic acids is 1. The zero-order valence-corrected chi connectivity index (χ0v) is 10.2. The lowest BCUT2D eigenvalue weighted by Gasteiger charge is -2.02. The van der Waals surface area contributed by atoms with Crippen molar-refractivity contribution in [1.29, 1.82) is 0 Å². The van der Waals surface area contributed by atoms with Crippen molar-refractivity contribution in [3.05, 3.63) is 22.1 Å². The number of nitrogens with one attached hydrogen (secondary N) is 1. The van der Waals surface area contributed by atoms with E-state index in [0.717, 1.165) is 18.4 Å². The molecular formula is C10H13N3O3S.